The molecule has 0 radical (unpaired) electrons. The summed E-state index contributed by atoms with van der Waals surface area (Å²) in [6.45, 7) is 3.75. The lowest BCUT2D eigenvalue weighted by atomic mass is 10.0. The Kier molecular flexibility index (Phi) is 5.95. The third kappa shape index (κ3) is 3.97. The number of carbonyl (C=O) groups is 1. The van der Waals surface area contributed by atoms with Gasteiger partial charge >= 0.3 is 0 Å². The molecule has 9 nitrogen and oxygen atoms in total. The van der Waals surface area contributed by atoms with Crippen molar-refractivity contribution in [1.82, 2.24) is 20.1 Å². The number of fused-ring (bicyclic) bond motifs is 1. The highest BCUT2D eigenvalue weighted by Crippen LogP contribution is 2.39. The first-order valence-corrected chi connectivity index (χ1v) is 10.4. The minimum Gasteiger partial charge on any atom is -0.493 e. The summed E-state index contributed by atoms with van der Waals surface area (Å²) in [5.41, 5.74) is 3.15. The first-order chi connectivity index (χ1) is 15.9. The van der Waals surface area contributed by atoms with E-state index < -0.39 is 0 Å². The van der Waals surface area contributed by atoms with Crippen LogP contribution >= 0.6 is 0 Å². The third-order valence-electron chi connectivity index (χ3n) is 5.52. The van der Waals surface area contributed by atoms with Gasteiger partial charge < -0.3 is 23.9 Å². The molecule has 1 unspecified atom stereocenters. The van der Waals surface area contributed by atoms with E-state index in [0.29, 0.717) is 45.3 Å². The van der Waals surface area contributed by atoms with Crippen molar-refractivity contribution in [2.24, 2.45) is 7.05 Å². The van der Waals surface area contributed by atoms with Crippen molar-refractivity contribution in [3.05, 3.63) is 53.4 Å². The topological polar surface area (TPSA) is 101 Å². The standard InChI is InChI=1S/C24H26N4O5/c1-13(15-10-19(30-4)22(32-6)20(11-15)31-5)25-24(29)16-12-17(18-8-7-9-33-18)26-23-21(16)14(2)27-28(23)3/h7-13H,1-6H3,(H,25,29). The van der Waals surface area contributed by atoms with Crippen LogP contribution in [0.5, 0.6) is 17.2 Å². The van der Waals surface area contributed by atoms with Crippen LogP contribution in [0.25, 0.3) is 22.5 Å². The number of aryl methyl sites for hydroxylation is 2. The van der Waals surface area contributed by atoms with Gasteiger partial charge in [0.1, 0.15) is 5.69 Å². The lowest BCUT2D eigenvalue weighted by Crippen LogP contribution is -2.27. The number of benzene rings is 1. The quantitative estimate of drug-likeness (QED) is 0.453. The number of hydrogen-bond donors (Lipinski definition) is 1. The van der Waals surface area contributed by atoms with Gasteiger partial charge in [-0.15, -0.1) is 0 Å². The predicted octanol–water partition coefficient (Wildman–Crippen LogP) is 4.05. The number of pyridine rings is 1. The molecule has 172 valence electrons. The van der Waals surface area contributed by atoms with Gasteiger partial charge in [-0.05, 0) is 49.7 Å². The van der Waals surface area contributed by atoms with E-state index in [1.165, 1.54) is 0 Å². The minimum atomic E-state index is -0.349. The number of carbonyl (C=O) groups excluding carboxylic acids is 1. The van der Waals surface area contributed by atoms with Gasteiger partial charge in [0.25, 0.3) is 5.91 Å². The first-order valence-electron chi connectivity index (χ1n) is 10.4. The lowest BCUT2D eigenvalue weighted by molar-refractivity contribution is 0.0941. The van der Waals surface area contributed by atoms with E-state index in [9.17, 15) is 4.79 Å². The average molecular weight is 450 g/mol. The van der Waals surface area contributed by atoms with Gasteiger partial charge in [0.2, 0.25) is 5.75 Å². The van der Waals surface area contributed by atoms with Crippen LogP contribution in [0, 0.1) is 6.92 Å². The van der Waals surface area contributed by atoms with E-state index in [4.69, 9.17) is 18.6 Å². The molecule has 0 saturated heterocycles. The Morgan fingerprint density at radius 2 is 1.82 bits per heavy atom. The van der Waals surface area contributed by atoms with E-state index in [0.717, 1.165) is 11.3 Å². The Morgan fingerprint density at radius 3 is 2.39 bits per heavy atom. The summed E-state index contributed by atoms with van der Waals surface area (Å²) in [6, 6.07) is 8.60. The summed E-state index contributed by atoms with van der Waals surface area (Å²) in [5, 5.41) is 8.22. The molecule has 1 aromatic carbocycles. The van der Waals surface area contributed by atoms with Gasteiger partial charge in [0, 0.05) is 7.05 Å². The monoisotopic (exact) mass is 450 g/mol. The Morgan fingerprint density at radius 1 is 1.12 bits per heavy atom. The van der Waals surface area contributed by atoms with E-state index in [1.54, 1.807) is 57.5 Å². The smallest absolute Gasteiger partial charge is 0.252 e. The molecule has 0 aliphatic heterocycles. The van der Waals surface area contributed by atoms with Gasteiger partial charge in [-0.2, -0.15) is 5.10 Å². The molecule has 1 amide bonds. The Balaban J connectivity index is 1.74. The summed E-state index contributed by atoms with van der Waals surface area (Å²) < 4.78 is 23.5. The Labute approximate surface area is 191 Å². The van der Waals surface area contributed by atoms with Crippen LogP contribution < -0.4 is 19.5 Å². The summed E-state index contributed by atoms with van der Waals surface area (Å²) in [5.74, 6) is 1.84. The van der Waals surface area contributed by atoms with Crippen molar-refractivity contribution < 1.29 is 23.4 Å². The van der Waals surface area contributed by atoms with Crippen LogP contribution in [0.1, 0.15) is 34.6 Å². The van der Waals surface area contributed by atoms with Gasteiger partial charge in [0.15, 0.2) is 22.9 Å². The van der Waals surface area contributed by atoms with Crippen LogP contribution in [0.15, 0.2) is 41.0 Å². The molecule has 3 aromatic heterocycles. The number of nitrogens with one attached hydrogen (secondary N) is 1. The molecule has 9 heteroatoms. The van der Waals surface area contributed by atoms with Crippen molar-refractivity contribution in [3.63, 3.8) is 0 Å². The molecule has 3 heterocycles. The van der Waals surface area contributed by atoms with Crippen LogP contribution in [-0.4, -0.2) is 42.0 Å². The molecule has 0 bridgehead atoms. The van der Waals surface area contributed by atoms with Crippen molar-refractivity contribution in [2.45, 2.75) is 19.9 Å². The van der Waals surface area contributed by atoms with E-state index in [-0.39, 0.29) is 11.9 Å². The average Bonchev–Trinajstić information content (AvgIpc) is 3.45. The SMILES string of the molecule is COc1cc(C(C)NC(=O)c2cc(-c3ccco3)nc3c2c(C)nn3C)cc(OC)c1OC. The second kappa shape index (κ2) is 8.85. The third-order valence-corrected chi connectivity index (χ3v) is 5.52. The van der Waals surface area contributed by atoms with Crippen LogP contribution in [-0.2, 0) is 7.05 Å². The summed E-state index contributed by atoms with van der Waals surface area (Å²) in [6.07, 6.45) is 1.57. The highest BCUT2D eigenvalue weighted by atomic mass is 16.5. The maximum Gasteiger partial charge on any atom is 0.252 e. The molecule has 4 aromatic rings. The second-order valence-electron chi connectivity index (χ2n) is 7.59. The summed E-state index contributed by atoms with van der Waals surface area (Å²) in [4.78, 5) is 18.1. The number of amides is 1. The number of furan rings is 1. The van der Waals surface area contributed by atoms with Crippen molar-refractivity contribution in [3.8, 4) is 28.7 Å². The highest BCUT2D eigenvalue weighted by Gasteiger charge is 2.23. The fraction of sp³-hybridized carbons (Fsp3) is 0.292. The number of methoxy groups -OCH3 is 3. The van der Waals surface area contributed by atoms with E-state index in [2.05, 4.69) is 15.4 Å². The number of aromatic nitrogens is 3. The molecule has 0 aliphatic carbocycles. The predicted molar refractivity (Wildman–Crippen MR) is 123 cm³/mol. The lowest BCUT2D eigenvalue weighted by Gasteiger charge is -2.19. The maximum absolute atomic E-state index is 13.5. The first kappa shape index (κ1) is 22.2. The van der Waals surface area contributed by atoms with Crippen LogP contribution in [0.4, 0.5) is 0 Å². The molecule has 1 N–H and O–H groups in total. The van der Waals surface area contributed by atoms with Crippen LogP contribution in [0.3, 0.4) is 0 Å². The molecule has 0 saturated carbocycles. The van der Waals surface area contributed by atoms with E-state index >= 15 is 0 Å². The molecule has 0 aliphatic rings. The fourth-order valence-corrected chi connectivity index (χ4v) is 3.88. The fourth-order valence-electron chi connectivity index (χ4n) is 3.88. The largest absolute Gasteiger partial charge is 0.493 e. The highest BCUT2D eigenvalue weighted by molar-refractivity contribution is 6.07. The Hall–Kier alpha value is -4.01. The van der Waals surface area contributed by atoms with Gasteiger partial charge in [-0.1, -0.05) is 0 Å². The summed E-state index contributed by atoms with van der Waals surface area (Å²) >= 11 is 0. The van der Waals surface area contributed by atoms with E-state index in [1.807, 2.05) is 26.0 Å². The maximum atomic E-state index is 13.5. The second-order valence-corrected chi connectivity index (χ2v) is 7.59. The van der Waals surface area contributed by atoms with Crippen molar-refractivity contribution in [2.75, 3.05) is 21.3 Å². The number of hydrogen-bond acceptors (Lipinski definition) is 7. The zero-order valence-electron chi connectivity index (χ0n) is 19.4. The molecular formula is C24H26N4O5. The molecule has 0 spiro atoms. The number of nitrogens with zero attached hydrogens (tertiary/aromatic N) is 3. The van der Waals surface area contributed by atoms with Crippen LogP contribution in [0.2, 0.25) is 0 Å². The van der Waals surface area contributed by atoms with Gasteiger partial charge in [-0.25, -0.2) is 4.98 Å². The molecule has 4 rings (SSSR count). The molecule has 33 heavy (non-hydrogen) atoms. The Bertz CT molecular complexity index is 1290. The zero-order chi connectivity index (χ0) is 23.7. The zero-order valence-corrected chi connectivity index (χ0v) is 19.4. The molecular weight excluding hydrogens is 424 g/mol. The number of rotatable bonds is 7. The van der Waals surface area contributed by atoms with Gasteiger partial charge in [-0.3, -0.25) is 9.48 Å². The number of ether oxygens (including phenoxy) is 3. The summed E-state index contributed by atoms with van der Waals surface area (Å²) in [7, 11) is 6.46. The van der Waals surface area contributed by atoms with Crippen molar-refractivity contribution >= 4 is 16.9 Å². The van der Waals surface area contributed by atoms with Gasteiger partial charge in [0.05, 0.1) is 50.3 Å². The molecule has 0 fully saturated rings. The normalized spacial score (nSPS) is 11.9. The van der Waals surface area contributed by atoms with Crippen molar-refractivity contribution in [1.29, 1.82) is 0 Å². The minimum absolute atomic E-state index is 0.257. The molecule has 1 atom stereocenters.